The van der Waals surface area contributed by atoms with Crippen LogP contribution in [0, 0.1) is 18.7 Å². The highest BCUT2D eigenvalue weighted by Gasteiger charge is 2.43. The van der Waals surface area contributed by atoms with Crippen molar-refractivity contribution in [3.63, 3.8) is 0 Å². The average molecular weight is 541 g/mol. The Morgan fingerprint density at radius 2 is 1.83 bits per heavy atom. The Bertz CT molecular complexity index is 1160. The van der Waals surface area contributed by atoms with E-state index in [9.17, 15) is 40.3 Å². The topological polar surface area (TPSA) is 65.5 Å². The monoisotopic (exact) mass is 540 g/mol. The molecule has 1 N–H and O–H groups in total. The number of carbonyl (C=O) groups excluding carboxylic acids is 2. The zero-order valence-electron chi connectivity index (χ0n) is 18.8. The molecule has 1 aliphatic rings. The van der Waals surface area contributed by atoms with Gasteiger partial charge in [-0.05, 0) is 43.7 Å². The van der Waals surface area contributed by atoms with Gasteiger partial charge in [0.15, 0.2) is 0 Å². The Morgan fingerprint density at radius 3 is 2.42 bits per heavy atom. The number of pyridine rings is 1. The number of alkyl halides is 6. The van der Waals surface area contributed by atoms with Crippen LogP contribution in [0.1, 0.15) is 17.7 Å². The largest absolute Gasteiger partial charge is 0.416 e. The van der Waals surface area contributed by atoms with E-state index in [-0.39, 0.29) is 35.2 Å². The van der Waals surface area contributed by atoms with E-state index >= 15 is 0 Å². The first kappa shape index (κ1) is 27.5. The smallest absolute Gasteiger partial charge is 0.347 e. The first-order valence-corrected chi connectivity index (χ1v) is 10.8. The van der Waals surface area contributed by atoms with Crippen LogP contribution in [0.5, 0.6) is 0 Å². The van der Waals surface area contributed by atoms with Gasteiger partial charge in [-0.15, -0.1) is 0 Å². The molecule has 0 spiro atoms. The maximum Gasteiger partial charge on any atom is 0.416 e. The van der Waals surface area contributed by atoms with Crippen molar-refractivity contribution in [3.8, 4) is 0 Å². The molecule has 2 aromatic rings. The van der Waals surface area contributed by atoms with Crippen molar-refractivity contribution in [2.24, 2.45) is 5.92 Å². The van der Waals surface area contributed by atoms with Gasteiger partial charge in [-0.1, -0.05) is 11.6 Å². The van der Waals surface area contributed by atoms with Crippen molar-refractivity contribution in [3.05, 3.63) is 52.4 Å². The van der Waals surface area contributed by atoms with Crippen molar-refractivity contribution < 1.29 is 40.3 Å². The van der Waals surface area contributed by atoms with Crippen LogP contribution in [0.4, 0.5) is 42.2 Å². The molecular weight excluding hydrogens is 521 g/mol. The maximum absolute atomic E-state index is 13.5. The molecule has 1 saturated heterocycles. The van der Waals surface area contributed by atoms with Crippen molar-refractivity contribution in [2.75, 3.05) is 29.9 Å². The van der Waals surface area contributed by atoms with Crippen molar-refractivity contribution >= 4 is 34.9 Å². The SMILES string of the molecule is Cc1cc(C(F)(F)F)cc(N2C[C@@H](C(=O)NCC(F)(F)F)C[C@H]2C(=O)N(C)c2ccc(F)c(Cl)c2)n1. The number of nitrogens with one attached hydrogen (secondary N) is 1. The van der Waals surface area contributed by atoms with Crippen LogP contribution >= 0.6 is 11.6 Å². The van der Waals surface area contributed by atoms with E-state index in [2.05, 4.69) is 4.98 Å². The van der Waals surface area contributed by atoms with Crippen molar-refractivity contribution in [2.45, 2.75) is 31.7 Å². The third kappa shape index (κ3) is 6.37. The van der Waals surface area contributed by atoms with Gasteiger partial charge >= 0.3 is 12.4 Å². The van der Waals surface area contributed by atoms with E-state index in [0.29, 0.717) is 6.07 Å². The molecule has 2 atom stereocenters. The number of rotatable bonds is 5. The van der Waals surface area contributed by atoms with E-state index in [1.807, 2.05) is 0 Å². The van der Waals surface area contributed by atoms with Gasteiger partial charge in [0.2, 0.25) is 11.8 Å². The first-order valence-electron chi connectivity index (χ1n) is 10.5. The van der Waals surface area contributed by atoms with Crippen LogP contribution in [-0.2, 0) is 15.8 Å². The third-order valence-electron chi connectivity index (χ3n) is 5.60. The van der Waals surface area contributed by atoms with Crippen LogP contribution in [0.2, 0.25) is 5.02 Å². The van der Waals surface area contributed by atoms with Gasteiger partial charge in [0.25, 0.3) is 0 Å². The van der Waals surface area contributed by atoms with E-state index in [4.69, 9.17) is 11.6 Å². The minimum absolute atomic E-state index is 0.0188. The number of aromatic nitrogens is 1. The minimum Gasteiger partial charge on any atom is -0.347 e. The number of nitrogens with zero attached hydrogens (tertiary/aromatic N) is 3. The normalized spacial score (nSPS) is 18.3. The molecule has 14 heteroatoms. The zero-order valence-corrected chi connectivity index (χ0v) is 19.6. The van der Waals surface area contributed by atoms with E-state index in [1.165, 1.54) is 20.0 Å². The molecule has 1 aliphatic heterocycles. The molecule has 1 fully saturated rings. The standard InChI is InChI=1S/C22H20ClF7N4O2/c1-11-5-13(22(28,29)30)7-18(32-11)34-9-12(19(35)31-10-21(25,26)27)6-17(34)20(36)33(2)14-3-4-16(24)15(23)8-14/h3-5,7-8,12,17H,6,9-10H2,1-2H3,(H,31,35)/t12-,17-/m0/s1. The second kappa shape index (κ2) is 10.1. The predicted molar refractivity (Wildman–Crippen MR) is 117 cm³/mol. The van der Waals surface area contributed by atoms with Gasteiger partial charge in [-0.3, -0.25) is 9.59 Å². The number of hydrogen-bond donors (Lipinski definition) is 1. The average Bonchev–Trinajstić information content (AvgIpc) is 3.22. The molecule has 1 aromatic carbocycles. The summed E-state index contributed by atoms with van der Waals surface area (Å²) in [6.07, 6.45) is -9.70. The van der Waals surface area contributed by atoms with Crippen LogP contribution in [0.15, 0.2) is 30.3 Å². The number of hydrogen-bond acceptors (Lipinski definition) is 4. The van der Waals surface area contributed by atoms with Crippen molar-refractivity contribution in [1.82, 2.24) is 10.3 Å². The van der Waals surface area contributed by atoms with Gasteiger partial charge in [0, 0.05) is 25.0 Å². The summed E-state index contributed by atoms with van der Waals surface area (Å²) in [4.78, 5) is 32.1. The van der Waals surface area contributed by atoms with Crippen LogP contribution < -0.4 is 15.1 Å². The Balaban J connectivity index is 1.96. The molecule has 196 valence electrons. The molecule has 0 radical (unpaired) electrons. The number of benzene rings is 1. The maximum atomic E-state index is 13.5. The summed E-state index contributed by atoms with van der Waals surface area (Å²) < 4.78 is 91.4. The summed E-state index contributed by atoms with van der Waals surface area (Å²) in [5, 5.41) is 1.46. The third-order valence-corrected chi connectivity index (χ3v) is 5.89. The fraction of sp³-hybridized carbons (Fsp3) is 0.409. The molecule has 6 nitrogen and oxygen atoms in total. The molecule has 1 aromatic heterocycles. The van der Waals surface area contributed by atoms with Gasteiger partial charge in [0.1, 0.15) is 24.2 Å². The van der Waals surface area contributed by atoms with Crippen molar-refractivity contribution in [1.29, 1.82) is 0 Å². The lowest BCUT2D eigenvalue weighted by molar-refractivity contribution is -0.140. The summed E-state index contributed by atoms with van der Waals surface area (Å²) in [6.45, 7) is -0.645. The van der Waals surface area contributed by atoms with Gasteiger partial charge < -0.3 is 15.1 Å². The van der Waals surface area contributed by atoms with Gasteiger partial charge in [-0.25, -0.2) is 9.37 Å². The molecule has 0 aliphatic carbocycles. The molecular formula is C22H20ClF7N4O2. The molecule has 2 heterocycles. The number of likely N-dealkylation sites (N-methyl/N-ethyl adjacent to an activating group) is 1. The summed E-state index contributed by atoms with van der Waals surface area (Å²) in [5.41, 5.74) is -0.904. The minimum atomic E-state index is -4.73. The van der Waals surface area contributed by atoms with Crippen LogP contribution in [0.25, 0.3) is 0 Å². The number of aryl methyl sites for hydroxylation is 1. The lowest BCUT2D eigenvalue weighted by Crippen LogP contribution is -2.44. The molecule has 36 heavy (non-hydrogen) atoms. The number of anilines is 2. The van der Waals surface area contributed by atoms with E-state index in [0.717, 1.165) is 28.0 Å². The highest BCUT2D eigenvalue weighted by molar-refractivity contribution is 6.31. The molecule has 2 amide bonds. The summed E-state index contributed by atoms with van der Waals surface area (Å²) >= 11 is 5.78. The Morgan fingerprint density at radius 1 is 1.17 bits per heavy atom. The summed E-state index contributed by atoms with van der Waals surface area (Å²) in [6, 6.07) is 3.68. The van der Waals surface area contributed by atoms with Crippen LogP contribution in [-0.4, -0.2) is 49.2 Å². The highest BCUT2D eigenvalue weighted by atomic mass is 35.5. The fourth-order valence-electron chi connectivity index (χ4n) is 3.85. The highest BCUT2D eigenvalue weighted by Crippen LogP contribution is 2.36. The van der Waals surface area contributed by atoms with Crippen LogP contribution in [0.3, 0.4) is 0 Å². The molecule has 0 unspecified atom stereocenters. The lowest BCUT2D eigenvalue weighted by Gasteiger charge is -2.29. The second-order valence-electron chi connectivity index (χ2n) is 8.28. The molecule has 0 saturated carbocycles. The number of amides is 2. The first-order chi connectivity index (χ1) is 16.6. The van der Waals surface area contributed by atoms with E-state index in [1.54, 1.807) is 5.32 Å². The fourth-order valence-corrected chi connectivity index (χ4v) is 4.03. The molecule has 0 bridgehead atoms. The molecule has 3 rings (SSSR count). The Labute approximate surface area is 206 Å². The van der Waals surface area contributed by atoms with E-state index < -0.39 is 54.1 Å². The number of carbonyl (C=O) groups is 2. The van der Waals surface area contributed by atoms with Gasteiger partial charge in [0.05, 0.1) is 16.5 Å². The summed E-state index contributed by atoms with van der Waals surface area (Å²) in [5.74, 6) is -3.88. The Hall–Kier alpha value is -3.09. The quantitative estimate of drug-likeness (QED) is 0.557. The Kier molecular flexibility index (Phi) is 7.72. The summed E-state index contributed by atoms with van der Waals surface area (Å²) in [7, 11) is 1.31. The van der Waals surface area contributed by atoms with Gasteiger partial charge in [-0.2, -0.15) is 26.3 Å². The number of halogens is 8. The zero-order chi connectivity index (χ0) is 27.0. The predicted octanol–water partition coefficient (Wildman–Crippen LogP) is 4.74. The lowest BCUT2D eigenvalue weighted by atomic mass is 10.0. The second-order valence-corrected chi connectivity index (χ2v) is 8.69.